The number of halogens is 6. The summed E-state index contributed by atoms with van der Waals surface area (Å²) in [5, 5.41) is 0. The molecule has 0 radical (unpaired) electrons. The number of alkyl halides is 3. The first-order chi connectivity index (χ1) is 20.2. The Morgan fingerprint density at radius 3 is 2.37 bits per heavy atom. The predicted octanol–water partition coefficient (Wildman–Crippen LogP) is 4.61. The van der Waals surface area contributed by atoms with Crippen LogP contribution >= 0.6 is 0 Å². The maximum absolute atomic E-state index is 14.0. The lowest BCUT2D eigenvalue weighted by Crippen LogP contribution is -2.42. The molecule has 2 aliphatic rings. The number of ether oxygens (including phenoxy) is 3. The van der Waals surface area contributed by atoms with E-state index >= 15 is 0 Å². The zero-order chi connectivity index (χ0) is 31.5. The predicted molar refractivity (Wildman–Crippen MR) is 135 cm³/mol. The molecule has 2 atom stereocenters. The molecular weight excluding hydrogens is 590 g/mol. The van der Waals surface area contributed by atoms with E-state index < -0.39 is 78.5 Å². The molecule has 0 spiro atoms. The van der Waals surface area contributed by atoms with Gasteiger partial charge in [0.1, 0.15) is 11.9 Å². The van der Waals surface area contributed by atoms with Crippen LogP contribution in [0.5, 0.6) is 0 Å². The molecule has 10 nitrogen and oxygen atoms in total. The van der Waals surface area contributed by atoms with Crippen LogP contribution in [0, 0.1) is 17.5 Å². The molecule has 1 aromatic heterocycles. The van der Waals surface area contributed by atoms with Gasteiger partial charge in [0.05, 0.1) is 12.2 Å². The molecule has 4 rings (SSSR count). The van der Waals surface area contributed by atoms with Crippen LogP contribution in [0.15, 0.2) is 12.1 Å². The van der Waals surface area contributed by atoms with Crippen LogP contribution in [0.3, 0.4) is 0 Å². The molecule has 0 saturated heterocycles. The zero-order valence-electron chi connectivity index (χ0n) is 23.1. The van der Waals surface area contributed by atoms with E-state index in [0.29, 0.717) is 25.0 Å². The number of benzene rings is 1. The van der Waals surface area contributed by atoms with Crippen molar-refractivity contribution in [1.29, 1.82) is 0 Å². The van der Waals surface area contributed by atoms with Gasteiger partial charge in [0.2, 0.25) is 18.0 Å². The fourth-order valence-electron chi connectivity index (χ4n) is 5.10. The Morgan fingerprint density at radius 1 is 1.02 bits per heavy atom. The molecule has 43 heavy (non-hydrogen) atoms. The van der Waals surface area contributed by atoms with Crippen molar-refractivity contribution in [1.82, 2.24) is 14.5 Å². The molecule has 1 saturated carbocycles. The molecule has 1 aliphatic carbocycles. The first-order valence-corrected chi connectivity index (χ1v) is 13.6. The van der Waals surface area contributed by atoms with Crippen LogP contribution in [0.25, 0.3) is 0 Å². The number of fused-ring (bicyclic) bond motifs is 1. The zero-order valence-corrected chi connectivity index (χ0v) is 23.1. The summed E-state index contributed by atoms with van der Waals surface area (Å²) in [5.41, 5.74) is 4.68. The summed E-state index contributed by atoms with van der Waals surface area (Å²) < 4.78 is 97.8. The number of rotatable bonds is 8. The molecule has 1 aromatic carbocycles. The molecule has 236 valence electrons. The van der Waals surface area contributed by atoms with E-state index in [-0.39, 0.29) is 36.9 Å². The summed E-state index contributed by atoms with van der Waals surface area (Å²) in [4.78, 5) is 42.5. The Balaban J connectivity index is 1.42. The summed E-state index contributed by atoms with van der Waals surface area (Å²) >= 11 is 0. The second kappa shape index (κ2) is 13.2. The highest BCUT2D eigenvalue weighted by molar-refractivity contribution is 5.89. The molecule has 2 heterocycles. The molecule has 2 N–H and O–H groups in total. The standard InChI is InChI=1S/C27H30F6N4O6/c1-14(42-26(40)43-17-5-3-2-4-6-17)41-24(39)23-21-13-36(7-8-37(21)25(35-23)27(31,32)33)22(38)11-16(34)9-15-10-19(29)20(30)12-18(15)28/h10,12,14,16-17H,2-9,11,13,34H2,1H3/t14?,16-/m1/s1. The van der Waals surface area contributed by atoms with E-state index in [1.807, 2.05) is 0 Å². The molecule has 1 fully saturated rings. The second-order valence-corrected chi connectivity index (χ2v) is 10.4. The van der Waals surface area contributed by atoms with E-state index in [4.69, 9.17) is 19.9 Å². The van der Waals surface area contributed by atoms with E-state index in [2.05, 4.69) is 4.98 Å². The van der Waals surface area contributed by atoms with Crippen molar-refractivity contribution in [3.8, 4) is 0 Å². The smallest absolute Gasteiger partial charge is 0.431 e. The summed E-state index contributed by atoms with van der Waals surface area (Å²) in [6.45, 7) is 0.138. The lowest BCUT2D eigenvalue weighted by molar-refractivity contribution is -0.148. The van der Waals surface area contributed by atoms with Crippen molar-refractivity contribution in [2.75, 3.05) is 6.54 Å². The summed E-state index contributed by atoms with van der Waals surface area (Å²) in [5.74, 6) is -7.07. The van der Waals surface area contributed by atoms with Crippen LogP contribution < -0.4 is 5.73 Å². The fourth-order valence-corrected chi connectivity index (χ4v) is 5.10. The first-order valence-electron chi connectivity index (χ1n) is 13.6. The van der Waals surface area contributed by atoms with Crippen molar-refractivity contribution in [2.45, 2.75) is 89.6 Å². The number of aromatic nitrogens is 2. The third-order valence-electron chi connectivity index (χ3n) is 7.16. The van der Waals surface area contributed by atoms with Crippen LogP contribution in [0.1, 0.15) is 73.0 Å². The summed E-state index contributed by atoms with van der Waals surface area (Å²) in [7, 11) is 0. The number of carbonyl (C=O) groups is 3. The molecular formula is C27H30F6N4O6. The van der Waals surface area contributed by atoms with Gasteiger partial charge in [0.15, 0.2) is 17.3 Å². The van der Waals surface area contributed by atoms with Gasteiger partial charge in [-0.2, -0.15) is 13.2 Å². The highest BCUT2D eigenvalue weighted by Crippen LogP contribution is 2.33. The number of hydrogen-bond donors (Lipinski definition) is 1. The maximum atomic E-state index is 14.0. The van der Waals surface area contributed by atoms with Gasteiger partial charge in [0, 0.05) is 38.5 Å². The largest absolute Gasteiger partial charge is 0.511 e. The lowest BCUT2D eigenvalue weighted by atomic mass is 9.98. The van der Waals surface area contributed by atoms with E-state index in [1.165, 1.54) is 6.92 Å². The van der Waals surface area contributed by atoms with E-state index in [1.54, 1.807) is 0 Å². The topological polar surface area (TPSA) is 126 Å². The van der Waals surface area contributed by atoms with Crippen LogP contribution in [-0.4, -0.2) is 57.5 Å². The third kappa shape index (κ3) is 7.97. The van der Waals surface area contributed by atoms with Crippen molar-refractivity contribution in [2.24, 2.45) is 5.73 Å². The number of amides is 1. The third-order valence-corrected chi connectivity index (χ3v) is 7.16. The van der Waals surface area contributed by atoms with Gasteiger partial charge in [0.25, 0.3) is 0 Å². The number of nitrogens with zero attached hydrogens (tertiary/aromatic N) is 3. The number of esters is 1. The summed E-state index contributed by atoms with van der Waals surface area (Å²) in [6.07, 6.45) is -4.53. The Kier molecular flexibility index (Phi) is 9.87. The average Bonchev–Trinajstić information content (AvgIpc) is 3.32. The van der Waals surface area contributed by atoms with E-state index in [0.717, 1.165) is 28.7 Å². The molecule has 1 aliphatic heterocycles. The van der Waals surface area contributed by atoms with Crippen LogP contribution in [-0.2, 0) is 44.7 Å². The van der Waals surface area contributed by atoms with Crippen LogP contribution in [0.2, 0.25) is 0 Å². The molecule has 1 unspecified atom stereocenters. The normalized spacial score (nSPS) is 17.2. The summed E-state index contributed by atoms with van der Waals surface area (Å²) in [6, 6.07) is -0.0545. The lowest BCUT2D eigenvalue weighted by Gasteiger charge is -2.30. The minimum Gasteiger partial charge on any atom is -0.431 e. The average molecular weight is 621 g/mol. The number of hydrogen-bond acceptors (Lipinski definition) is 8. The van der Waals surface area contributed by atoms with Gasteiger partial charge in [-0.3, -0.25) is 4.79 Å². The van der Waals surface area contributed by atoms with E-state index in [9.17, 15) is 40.7 Å². The fraction of sp³-hybridized carbons (Fsp3) is 0.556. The molecule has 16 heteroatoms. The minimum absolute atomic E-state index is 0.196. The quantitative estimate of drug-likeness (QED) is 0.196. The van der Waals surface area contributed by atoms with Gasteiger partial charge in [-0.15, -0.1) is 0 Å². The SMILES string of the molecule is CC(OC(=O)OC1CCCCC1)OC(=O)c1nc(C(F)(F)F)n2c1CN(C(=O)C[C@H](N)Cc1cc(F)c(F)cc1F)CC2. The Hall–Kier alpha value is -3.82. The first kappa shape index (κ1) is 32.1. The monoisotopic (exact) mass is 620 g/mol. The van der Waals surface area contributed by atoms with Crippen molar-refractivity contribution in [3.05, 3.63) is 52.4 Å². The second-order valence-electron chi connectivity index (χ2n) is 10.4. The van der Waals surface area contributed by atoms with Gasteiger partial charge in [-0.05, 0) is 43.7 Å². The molecule has 0 bridgehead atoms. The Morgan fingerprint density at radius 2 is 1.70 bits per heavy atom. The molecule has 1 amide bonds. The van der Waals surface area contributed by atoms with Gasteiger partial charge >= 0.3 is 18.3 Å². The maximum Gasteiger partial charge on any atom is 0.511 e. The van der Waals surface area contributed by atoms with Crippen molar-refractivity contribution < 1.29 is 54.9 Å². The highest BCUT2D eigenvalue weighted by atomic mass is 19.4. The Labute approximate surface area is 242 Å². The van der Waals surface area contributed by atoms with Crippen molar-refractivity contribution in [3.63, 3.8) is 0 Å². The van der Waals surface area contributed by atoms with Gasteiger partial charge < -0.3 is 29.4 Å². The highest BCUT2D eigenvalue weighted by Gasteiger charge is 2.42. The van der Waals surface area contributed by atoms with Gasteiger partial charge in [-0.25, -0.2) is 27.7 Å². The Bertz CT molecular complexity index is 1360. The number of imidazole rings is 1. The number of nitrogens with two attached hydrogens (primary N) is 1. The number of carbonyl (C=O) groups excluding carboxylic acids is 3. The van der Waals surface area contributed by atoms with Gasteiger partial charge in [-0.1, -0.05) is 6.42 Å². The van der Waals surface area contributed by atoms with Crippen LogP contribution in [0.4, 0.5) is 31.1 Å². The molecule has 2 aromatic rings. The van der Waals surface area contributed by atoms with Crippen molar-refractivity contribution >= 4 is 18.0 Å². The minimum atomic E-state index is -4.94.